The van der Waals surface area contributed by atoms with Gasteiger partial charge in [-0.2, -0.15) is 5.10 Å². The molecule has 6 nitrogen and oxygen atoms in total. The average molecular weight is 274 g/mol. The van der Waals surface area contributed by atoms with Crippen LogP contribution >= 0.6 is 0 Å². The Hall–Kier alpha value is -2.63. The third-order valence-electron chi connectivity index (χ3n) is 3.12. The van der Waals surface area contributed by atoms with Crippen molar-refractivity contribution in [3.8, 4) is 5.69 Å². The number of nitrogens with zero attached hydrogens (tertiary/aromatic N) is 2. The van der Waals surface area contributed by atoms with Crippen molar-refractivity contribution in [2.24, 2.45) is 0 Å². The molecule has 0 saturated carbocycles. The normalized spacial score (nSPS) is 10.5. The summed E-state index contributed by atoms with van der Waals surface area (Å²) in [4.78, 5) is 22.3. The monoisotopic (exact) mass is 274 g/mol. The fourth-order valence-corrected chi connectivity index (χ4v) is 2.03. The molecule has 0 fully saturated rings. The summed E-state index contributed by atoms with van der Waals surface area (Å²) in [7, 11) is 0. The summed E-state index contributed by atoms with van der Waals surface area (Å²) in [6, 6.07) is 7.38. The molecule has 6 heteroatoms. The predicted molar refractivity (Wildman–Crippen MR) is 71.6 cm³/mol. The van der Waals surface area contributed by atoms with E-state index in [0.29, 0.717) is 11.4 Å². The van der Waals surface area contributed by atoms with Gasteiger partial charge in [-0.05, 0) is 31.0 Å². The Morgan fingerprint density at radius 1 is 1.15 bits per heavy atom. The average Bonchev–Trinajstić information content (AvgIpc) is 2.77. The lowest BCUT2D eigenvalue weighted by Gasteiger charge is -2.05. The second-order valence-electron chi connectivity index (χ2n) is 4.35. The van der Waals surface area contributed by atoms with Gasteiger partial charge in [-0.15, -0.1) is 0 Å². The minimum atomic E-state index is -1.35. The van der Waals surface area contributed by atoms with Crippen LogP contribution in [0.15, 0.2) is 24.3 Å². The lowest BCUT2D eigenvalue weighted by Crippen LogP contribution is -2.07. The molecule has 1 heterocycles. The van der Waals surface area contributed by atoms with Crippen molar-refractivity contribution in [2.75, 3.05) is 0 Å². The molecule has 2 rings (SSSR count). The Morgan fingerprint density at radius 2 is 1.75 bits per heavy atom. The third kappa shape index (κ3) is 2.27. The highest BCUT2D eigenvalue weighted by Gasteiger charge is 2.25. The van der Waals surface area contributed by atoms with Crippen molar-refractivity contribution >= 4 is 11.9 Å². The van der Waals surface area contributed by atoms with Gasteiger partial charge in [0.25, 0.3) is 0 Å². The van der Waals surface area contributed by atoms with Crippen LogP contribution in [0.25, 0.3) is 5.69 Å². The highest BCUT2D eigenvalue weighted by molar-refractivity contribution is 6.01. The first-order valence-corrected chi connectivity index (χ1v) is 6.11. The molecule has 0 aliphatic carbocycles. The minimum Gasteiger partial charge on any atom is -0.478 e. The number of carbonyl (C=O) groups is 2. The molecule has 0 unspecified atom stereocenters. The summed E-state index contributed by atoms with van der Waals surface area (Å²) in [5.41, 5.74) is 1.33. The van der Waals surface area contributed by atoms with Crippen molar-refractivity contribution in [1.82, 2.24) is 9.78 Å². The maximum absolute atomic E-state index is 11.2. The number of aryl methyl sites for hydroxylation is 1. The zero-order valence-corrected chi connectivity index (χ0v) is 11.1. The fourth-order valence-electron chi connectivity index (χ4n) is 2.03. The molecule has 0 spiro atoms. The van der Waals surface area contributed by atoms with Gasteiger partial charge in [-0.25, -0.2) is 14.3 Å². The Labute approximate surface area is 115 Å². The second kappa shape index (κ2) is 5.16. The number of carboxylic acid groups (broad SMARTS) is 2. The molecular formula is C14H14N2O4. The maximum atomic E-state index is 11.2. The molecule has 2 aromatic rings. The van der Waals surface area contributed by atoms with Crippen LogP contribution in [0.4, 0.5) is 0 Å². The van der Waals surface area contributed by atoms with Crippen LogP contribution < -0.4 is 0 Å². The summed E-state index contributed by atoms with van der Waals surface area (Å²) < 4.78 is 1.34. The number of rotatable bonds is 4. The van der Waals surface area contributed by atoms with Gasteiger partial charge in [0.15, 0.2) is 5.69 Å². The van der Waals surface area contributed by atoms with E-state index >= 15 is 0 Å². The Bertz CT molecular complexity index is 671. The quantitative estimate of drug-likeness (QED) is 0.891. The highest BCUT2D eigenvalue weighted by Crippen LogP contribution is 2.19. The van der Waals surface area contributed by atoms with E-state index in [0.717, 1.165) is 12.0 Å². The Morgan fingerprint density at radius 3 is 2.15 bits per heavy atom. The third-order valence-corrected chi connectivity index (χ3v) is 3.12. The number of carboxylic acids is 2. The van der Waals surface area contributed by atoms with Crippen LogP contribution in [-0.2, 0) is 6.42 Å². The number of aromatic carboxylic acids is 2. The first-order chi connectivity index (χ1) is 9.45. The van der Waals surface area contributed by atoms with Gasteiger partial charge in [0.2, 0.25) is 0 Å². The second-order valence-corrected chi connectivity index (χ2v) is 4.35. The van der Waals surface area contributed by atoms with Crippen LogP contribution in [0, 0.1) is 6.92 Å². The van der Waals surface area contributed by atoms with Crippen molar-refractivity contribution in [3.63, 3.8) is 0 Å². The van der Waals surface area contributed by atoms with E-state index in [1.165, 1.54) is 11.6 Å². The first-order valence-electron chi connectivity index (χ1n) is 6.11. The smallest absolute Gasteiger partial charge is 0.357 e. The summed E-state index contributed by atoms with van der Waals surface area (Å²) in [6.07, 6.45) is 0.888. The van der Waals surface area contributed by atoms with E-state index in [9.17, 15) is 9.59 Å². The van der Waals surface area contributed by atoms with Crippen LogP contribution in [0.1, 0.15) is 39.0 Å². The summed E-state index contributed by atoms with van der Waals surface area (Å²) in [6.45, 7) is 3.57. The lowest BCUT2D eigenvalue weighted by molar-refractivity contribution is 0.0648. The molecule has 0 saturated heterocycles. The van der Waals surface area contributed by atoms with E-state index in [1.807, 2.05) is 19.1 Å². The van der Waals surface area contributed by atoms with Crippen molar-refractivity contribution in [2.45, 2.75) is 20.3 Å². The van der Waals surface area contributed by atoms with E-state index in [4.69, 9.17) is 10.2 Å². The molecule has 104 valence electrons. The van der Waals surface area contributed by atoms with Crippen LogP contribution in [0.2, 0.25) is 0 Å². The highest BCUT2D eigenvalue weighted by atomic mass is 16.4. The summed E-state index contributed by atoms with van der Waals surface area (Å²) in [5, 5.41) is 22.1. The topological polar surface area (TPSA) is 92.4 Å². The maximum Gasteiger partial charge on any atom is 0.357 e. The van der Waals surface area contributed by atoms with Crippen LogP contribution in [-0.4, -0.2) is 31.9 Å². The molecule has 1 aromatic carbocycles. The molecule has 0 amide bonds. The standard InChI is InChI=1S/C14H14N2O4/c1-3-9-4-6-10(7-5-9)16-8(2)11(13(17)18)12(15-16)14(19)20/h4-7H,3H2,1-2H3,(H,17,18)(H,19,20). The van der Waals surface area contributed by atoms with Crippen molar-refractivity contribution in [1.29, 1.82) is 0 Å². The van der Waals surface area contributed by atoms with Gasteiger partial charge in [0.05, 0.1) is 11.4 Å². The Kier molecular flexibility index (Phi) is 3.56. The van der Waals surface area contributed by atoms with Gasteiger partial charge >= 0.3 is 11.9 Å². The number of hydrogen-bond acceptors (Lipinski definition) is 3. The SMILES string of the molecule is CCc1ccc(-n2nc(C(=O)O)c(C(=O)O)c2C)cc1. The number of benzene rings is 1. The lowest BCUT2D eigenvalue weighted by atomic mass is 10.1. The summed E-state index contributed by atoms with van der Waals surface area (Å²) >= 11 is 0. The zero-order valence-electron chi connectivity index (χ0n) is 11.1. The predicted octanol–water partition coefficient (Wildman–Crippen LogP) is 2.14. The molecule has 0 bridgehead atoms. The van der Waals surface area contributed by atoms with Gasteiger partial charge in [0, 0.05) is 0 Å². The molecular weight excluding hydrogens is 260 g/mol. The van der Waals surface area contributed by atoms with E-state index in [1.54, 1.807) is 12.1 Å². The summed E-state index contributed by atoms with van der Waals surface area (Å²) in [5.74, 6) is -2.65. The number of aromatic nitrogens is 2. The number of hydrogen-bond donors (Lipinski definition) is 2. The van der Waals surface area contributed by atoms with E-state index in [-0.39, 0.29) is 5.56 Å². The van der Waals surface area contributed by atoms with E-state index < -0.39 is 17.6 Å². The molecule has 0 atom stereocenters. The molecule has 0 aliphatic heterocycles. The van der Waals surface area contributed by atoms with Gasteiger partial charge in [-0.3, -0.25) is 0 Å². The van der Waals surface area contributed by atoms with Gasteiger partial charge in [0.1, 0.15) is 5.56 Å². The Balaban J connectivity index is 2.59. The first kappa shape index (κ1) is 13.8. The van der Waals surface area contributed by atoms with Crippen LogP contribution in [0.5, 0.6) is 0 Å². The van der Waals surface area contributed by atoms with Crippen molar-refractivity contribution in [3.05, 3.63) is 46.8 Å². The minimum absolute atomic E-state index is 0.280. The van der Waals surface area contributed by atoms with Gasteiger partial charge in [-0.1, -0.05) is 19.1 Å². The van der Waals surface area contributed by atoms with Gasteiger partial charge < -0.3 is 10.2 Å². The molecule has 2 N–H and O–H groups in total. The largest absolute Gasteiger partial charge is 0.478 e. The molecule has 1 aromatic heterocycles. The molecule has 20 heavy (non-hydrogen) atoms. The van der Waals surface area contributed by atoms with Crippen LogP contribution in [0.3, 0.4) is 0 Å². The van der Waals surface area contributed by atoms with Crippen molar-refractivity contribution < 1.29 is 19.8 Å². The molecule has 0 aliphatic rings. The zero-order chi connectivity index (χ0) is 14.9. The molecule has 0 radical (unpaired) electrons. The van der Waals surface area contributed by atoms with E-state index in [2.05, 4.69) is 5.10 Å². The fraction of sp³-hybridized carbons (Fsp3) is 0.214.